The van der Waals surface area contributed by atoms with Crippen molar-refractivity contribution in [1.29, 1.82) is 0 Å². The summed E-state index contributed by atoms with van der Waals surface area (Å²) in [6.07, 6.45) is 34.0. The highest BCUT2D eigenvalue weighted by Crippen LogP contribution is 2.35. The Morgan fingerprint density at radius 2 is 1.26 bits per heavy atom. The fourth-order valence-electron chi connectivity index (χ4n) is 6.09. The van der Waals surface area contributed by atoms with Gasteiger partial charge in [-0.3, -0.25) is 0 Å². The molecule has 2 heteroatoms. The summed E-state index contributed by atoms with van der Waals surface area (Å²) in [7, 11) is 4.20. The predicted octanol–water partition coefficient (Wildman–Crippen LogP) is 10.7. The first-order chi connectivity index (χ1) is 18.7. The molecule has 0 fully saturated rings. The molecule has 1 aliphatic heterocycles. The Hall–Kier alpha value is -1.96. The smallest absolute Gasteiger partial charge is 0.0392 e. The van der Waals surface area contributed by atoms with Crippen LogP contribution >= 0.6 is 0 Å². The maximum absolute atomic E-state index is 2.57. The van der Waals surface area contributed by atoms with E-state index >= 15 is 0 Å². The average Bonchev–Trinajstić information content (AvgIpc) is 2.93. The highest BCUT2D eigenvalue weighted by molar-refractivity contribution is 5.64. The Balaban J connectivity index is 1.23. The molecule has 38 heavy (non-hydrogen) atoms. The van der Waals surface area contributed by atoms with Crippen LogP contribution in [-0.2, 0) is 0 Å². The number of hydrogen-bond donors (Lipinski definition) is 0. The lowest BCUT2D eigenvalue weighted by Gasteiger charge is -2.31. The first kappa shape index (κ1) is 30.6. The van der Waals surface area contributed by atoms with Crippen LogP contribution in [0.25, 0.3) is 6.08 Å². The van der Waals surface area contributed by atoms with Gasteiger partial charge in [0.05, 0.1) is 0 Å². The number of benzene rings is 1. The third-order valence-electron chi connectivity index (χ3n) is 8.55. The van der Waals surface area contributed by atoms with E-state index in [2.05, 4.69) is 73.4 Å². The second kappa shape index (κ2) is 18.3. The monoisotopic (exact) mass is 518 g/mol. The van der Waals surface area contributed by atoms with E-state index in [0.29, 0.717) is 0 Å². The average molecular weight is 519 g/mol. The van der Waals surface area contributed by atoms with Crippen LogP contribution in [0.5, 0.6) is 0 Å². The van der Waals surface area contributed by atoms with Crippen molar-refractivity contribution in [2.24, 2.45) is 0 Å². The minimum atomic E-state index is 1.14. The molecule has 1 aromatic carbocycles. The zero-order valence-electron chi connectivity index (χ0n) is 25.3. The number of nitrogens with zero attached hydrogens (tertiary/aromatic N) is 2. The van der Waals surface area contributed by atoms with Gasteiger partial charge in [0, 0.05) is 32.9 Å². The normalized spacial score (nSPS) is 16.4. The van der Waals surface area contributed by atoms with Gasteiger partial charge >= 0.3 is 0 Å². The Morgan fingerprint density at radius 1 is 0.711 bits per heavy atom. The van der Waals surface area contributed by atoms with Gasteiger partial charge in [-0.1, -0.05) is 121 Å². The van der Waals surface area contributed by atoms with Gasteiger partial charge in [0.15, 0.2) is 0 Å². The van der Waals surface area contributed by atoms with Gasteiger partial charge in [0.1, 0.15) is 0 Å². The molecule has 212 valence electrons. The number of anilines is 1. The molecule has 0 radical (unpaired) electrons. The lowest BCUT2D eigenvalue weighted by molar-refractivity contribution is 0.375. The summed E-state index contributed by atoms with van der Waals surface area (Å²) in [6.45, 7) is 4.66. The van der Waals surface area contributed by atoms with Crippen molar-refractivity contribution in [3.63, 3.8) is 0 Å². The van der Waals surface area contributed by atoms with Gasteiger partial charge in [0.2, 0.25) is 0 Å². The minimum absolute atomic E-state index is 1.14. The van der Waals surface area contributed by atoms with E-state index in [0.717, 1.165) is 6.54 Å². The van der Waals surface area contributed by atoms with Crippen LogP contribution in [-0.4, -0.2) is 32.1 Å². The molecule has 0 saturated heterocycles. The molecule has 0 amide bonds. The minimum Gasteiger partial charge on any atom is -0.378 e. The summed E-state index contributed by atoms with van der Waals surface area (Å²) >= 11 is 0. The Labute approximate surface area is 236 Å². The third-order valence-corrected chi connectivity index (χ3v) is 8.55. The summed E-state index contributed by atoms with van der Waals surface area (Å²) in [5.74, 6) is 0. The molecule has 1 aliphatic carbocycles. The Morgan fingerprint density at radius 3 is 1.82 bits per heavy atom. The SMILES string of the molecule is CCCCCCCCCCCCCCCCCCN1C=CC2=C(CCCC2=Cc2ccc(N(C)C)cc2)C1. The van der Waals surface area contributed by atoms with E-state index in [1.54, 1.807) is 5.57 Å². The van der Waals surface area contributed by atoms with Crippen molar-refractivity contribution in [1.82, 2.24) is 4.90 Å². The summed E-state index contributed by atoms with van der Waals surface area (Å²) in [6, 6.07) is 8.96. The maximum atomic E-state index is 2.57. The van der Waals surface area contributed by atoms with Crippen molar-refractivity contribution in [3.8, 4) is 0 Å². The molecule has 1 aromatic rings. The van der Waals surface area contributed by atoms with Gasteiger partial charge in [-0.25, -0.2) is 0 Å². The van der Waals surface area contributed by atoms with Crippen LogP contribution in [0, 0.1) is 0 Å². The Kier molecular flexibility index (Phi) is 14.8. The molecule has 0 N–H and O–H groups in total. The third kappa shape index (κ3) is 11.4. The number of unbranched alkanes of at least 4 members (excludes halogenated alkanes) is 15. The zero-order valence-corrected chi connectivity index (χ0v) is 25.3. The van der Waals surface area contributed by atoms with Crippen LogP contribution in [0.3, 0.4) is 0 Å². The van der Waals surface area contributed by atoms with Crippen molar-refractivity contribution < 1.29 is 0 Å². The van der Waals surface area contributed by atoms with Gasteiger partial charge in [-0.2, -0.15) is 0 Å². The molecular weight excluding hydrogens is 460 g/mol. The van der Waals surface area contributed by atoms with Crippen molar-refractivity contribution >= 4 is 11.8 Å². The predicted molar refractivity (Wildman–Crippen MR) is 170 cm³/mol. The number of rotatable bonds is 19. The van der Waals surface area contributed by atoms with Gasteiger partial charge in [-0.05, 0) is 72.4 Å². The van der Waals surface area contributed by atoms with E-state index in [1.807, 2.05) is 0 Å². The molecular formula is C36H58N2. The molecule has 0 saturated carbocycles. The maximum Gasteiger partial charge on any atom is 0.0392 e. The van der Waals surface area contributed by atoms with Crippen molar-refractivity contribution in [3.05, 3.63) is 58.8 Å². The van der Waals surface area contributed by atoms with E-state index in [1.165, 1.54) is 151 Å². The summed E-state index contributed by atoms with van der Waals surface area (Å²) in [5, 5.41) is 0. The van der Waals surface area contributed by atoms with Crippen LogP contribution in [0.15, 0.2) is 53.3 Å². The lowest BCUT2D eigenvalue weighted by atomic mass is 9.84. The highest BCUT2D eigenvalue weighted by atomic mass is 15.1. The first-order valence-corrected chi connectivity index (χ1v) is 16.3. The van der Waals surface area contributed by atoms with E-state index in [9.17, 15) is 0 Å². The van der Waals surface area contributed by atoms with Gasteiger partial charge in [-0.15, -0.1) is 0 Å². The first-order valence-electron chi connectivity index (χ1n) is 16.3. The quantitative estimate of drug-likeness (QED) is 0.168. The molecule has 0 spiro atoms. The van der Waals surface area contributed by atoms with E-state index < -0.39 is 0 Å². The van der Waals surface area contributed by atoms with E-state index in [4.69, 9.17) is 0 Å². The molecule has 2 aliphatic rings. The zero-order chi connectivity index (χ0) is 26.8. The molecule has 0 atom stereocenters. The summed E-state index contributed by atoms with van der Waals surface area (Å²) in [4.78, 5) is 4.73. The standard InChI is InChI=1S/C36H58N2/c1-4-5-6-7-8-9-10-11-12-13-14-15-16-17-18-19-28-38-29-27-36-33(21-20-22-34(36)31-38)30-32-23-25-35(26-24-32)37(2)3/h23-27,29-30H,4-22,28,31H2,1-3H3. The highest BCUT2D eigenvalue weighted by Gasteiger charge is 2.20. The van der Waals surface area contributed by atoms with Gasteiger partial charge < -0.3 is 9.80 Å². The topological polar surface area (TPSA) is 6.48 Å². The van der Waals surface area contributed by atoms with Crippen LogP contribution < -0.4 is 4.90 Å². The largest absolute Gasteiger partial charge is 0.378 e. The molecule has 3 rings (SSSR count). The van der Waals surface area contributed by atoms with Crippen LogP contribution in [0.4, 0.5) is 5.69 Å². The molecule has 0 bridgehead atoms. The number of allylic oxidation sites excluding steroid dienone is 3. The lowest BCUT2D eigenvalue weighted by Crippen LogP contribution is -2.26. The fourth-order valence-corrected chi connectivity index (χ4v) is 6.09. The number of hydrogen-bond acceptors (Lipinski definition) is 2. The van der Waals surface area contributed by atoms with Gasteiger partial charge in [0.25, 0.3) is 0 Å². The van der Waals surface area contributed by atoms with Crippen LogP contribution in [0.1, 0.15) is 134 Å². The summed E-state index contributed by atoms with van der Waals surface area (Å²) in [5.41, 5.74) is 7.30. The van der Waals surface area contributed by atoms with Crippen molar-refractivity contribution in [2.45, 2.75) is 129 Å². The second-order valence-corrected chi connectivity index (χ2v) is 12.1. The molecule has 1 heterocycles. The summed E-state index contributed by atoms with van der Waals surface area (Å²) < 4.78 is 0. The van der Waals surface area contributed by atoms with Crippen LogP contribution in [0.2, 0.25) is 0 Å². The fraction of sp³-hybridized carbons (Fsp3) is 0.667. The molecule has 0 aromatic heterocycles. The van der Waals surface area contributed by atoms with Crippen molar-refractivity contribution in [2.75, 3.05) is 32.1 Å². The van der Waals surface area contributed by atoms with E-state index in [-0.39, 0.29) is 0 Å². The second-order valence-electron chi connectivity index (χ2n) is 12.1. The Bertz CT molecular complexity index is 858. The molecule has 0 unspecified atom stereocenters. The molecule has 2 nitrogen and oxygen atoms in total.